The molecular weight excluding hydrogens is 371 g/mol. The highest BCUT2D eigenvalue weighted by Crippen LogP contribution is 2.28. The van der Waals surface area contributed by atoms with Crippen LogP contribution in [0, 0.1) is 10.5 Å². The maximum atomic E-state index is 6.14. The minimum atomic E-state index is 0.0115. The molecule has 0 fully saturated rings. The van der Waals surface area contributed by atoms with Crippen molar-refractivity contribution in [3.05, 3.63) is 63.2 Å². The van der Waals surface area contributed by atoms with Crippen LogP contribution in [0.2, 0.25) is 0 Å². The lowest BCUT2D eigenvalue weighted by atomic mass is 10.1. The molecule has 0 heterocycles. The Balaban J connectivity index is 2.21. The standard InChI is InChI=1S/C16H16ClIO/c1-12-11-14(18)7-8-15(12)19-16(9-10-17)13-5-3-2-4-6-13/h2-8,11,16H,9-10H2,1H3/t16-/m1/s1. The first-order chi connectivity index (χ1) is 9.20. The van der Waals surface area contributed by atoms with Gasteiger partial charge in [0.15, 0.2) is 0 Å². The molecule has 0 amide bonds. The van der Waals surface area contributed by atoms with Crippen LogP contribution in [0.3, 0.4) is 0 Å². The van der Waals surface area contributed by atoms with Crippen molar-refractivity contribution in [2.45, 2.75) is 19.4 Å². The van der Waals surface area contributed by atoms with Crippen LogP contribution in [0.5, 0.6) is 5.75 Å². The summed E-state index contributed by atoms with van der Waals surface area (Å²) in [5, 5.41) is 0. The second-order valence-corrected chi connectivity index (χ2v) is 6.03. The monoisotopic (exact) mass is 386 g/mol. The second-order valence-electron chi connectivity index (χ2n) is 4.40. The smallest absolute Gasteiger partial charge is 0.125 e. The Hall–Kier alpha value is -0.740. The van der Waals surface area contributed by atoms with E-state index in [1.807, 2.05) is 24.3 Å². The number of ether oxygens (including phenoxy) is 1. The summed E-state index contributed by atoms with van der Waals surface area (Å²) in [7, 11) is 0. The number of rotatable bonds is 5. The zero-order valence-electron chi connectivity index (χ0n) is 10.8. The molecule has 1 nitrogen and oxygen atoms in total. The van der Waals surface area contributed by atoms with Crippen LogP contribution in [0.1, 0.15) is 23.7 Å². The fourth-order valence-electron chi connectivity index (χ4n) is 1.96. The minimum absolute atomic E-state index is 0.0115. The molecule has 0 spiro atoms. The van der Waals surface area contributed by atoms with Crippen molar-refractivity contribution in [3.8, 4) is 5.75 Å². The summed E-state index contributed by atoms with van der Waals surface area (Å²) in [6, 6.07) is 16.4. The molecule has 100 valence electrons. The lowest BCUT2D eigenvalue weighted by Crippen LogP contribution is -2.09. The first-order valence-electron chi connectivity index (χ1n) is 6.24. The van der Waals surface area contributed by atoms with Crippen LogP contribution in [-0.2, 0) is 0 Å². The molecule has 0 saturated carbocycles. The summed E-state index contributed by atoms with van der Waals surface area (Å²) in [6.07, 6.45) is 0.814. The Labute approximate surface area is 133 Å². The molecule has 3 heteroatoms. The van der Waals surface area contributed by atoms with E-state index in [1.165, 1.54) is 9.13 Å². The zero-order chi connectivity index (χ0) is 13.7. The molecule has 0 aromatic heterocycles. The van der Waals surface area contributed by atoms with E-state index in [0.29, 0.717) is 5.88 Å². The van der Waals surface area contributed by atoms with Gasteiger partial charge in [-0.25, -0.2) is 0 Å². The van der Waals surface area contributed by atoms with Crippen molar-refractivity contribution in [2.75, 3.05) is 5.88 Å². The maximum Gasteiger partial charge on any atom is 0.125 e. The van der Waals surface area contributed by atoms with Crippen LogP contribution >= 0.6 is 34.2 Å². The highest BCUT2D eigenvalue weighted by atomic mass is 127. The van der Waals surface area contributed by atoms with Crippen molar-refractivity contribution < 1.29 is 4.74 Å². The molecule has 19 heavy (non-hydrogen) atoms. The molecule has 2 aromatic carbocycles. The third-order valence-electron chi connectivity index (χ3n) is 2.95. The van der Waals surface area contributed by atoms with Gasteiger partial charge in [0, 0.05) is 15.9 Å². The van der Waals surface area contributed by atoms with Gasteiger partial charge in [0.25, 0.3) is 0 Å². The predicted octanol–water partition coefficient (Wildman–Crippen LogP) is 5.35. The van der Waals surface area contributed by atoms with Gasteiger partial charge in [0.2, 0.25) is 0 Å². The number of alkyl halides is 1. The molecule has 2 rings (SSSR count). The summed E-state index contributed by atoms with van der Waals surface area (Å²) in [5.41, 5.74) is 2.32. The molecule has 0 saturated heterocycles. The number of halogens is 2. The quantitative estimate of drug-likeness (QED) is 0.497. The zero-order valence-corrected chi connectivity index (χ0v) is 13.7. The van der Waals surface area contributed by atoms with Crippen LogP contribution in [0.15, 0.2) is 48.5 Å². The maximum absolute atomic E-state index is 6.14. The molecule has 0 aliphatic carbocycles. The van der Waals surface area contributed by atoms with Gasteiger partial charge in [-0.15, -0.1) is 11.6 Å². The third-order valence-corrected chi connectivity index (χ3v) is 3.84. The average molecular weight is 387 g/mol. The van der Waals surface area contributed by atoms with Crippen molar-refractivity contribution in [1.82, 2.24) is 0 Å². The van der Waals surface area contributed by atoms with Crippen LogP contribution in [0.4, 0.5) is 0 Å². The van der Waals surface area contributed by atoms with Gasteiger partial charge in [0.1, 0.15) is 11.9 Å². The highest BCUT2D eigenvalue weighted by Gasteiger charge is 2.13. The first kappa shape index (κ1) is 14.7. The Morgan fingerprint density at radius 3 is 2.53 bits per heavy atom. The van der Waals surface area contributed by atoms with Gasteiger partial charge < -0.3 is 4.74 Å². The Kier molecular flexibility index (Phi) is 5.52. The molecule has 0 radical (unpaired) electrons. The fraction of sp³-hybridized carbons (Fsp3) is 0.250. The SMILES string of the molecule is Cc1cc(I)ccc1O[C@H](CCCl)c1ccccc1. The summed E-state index contributed by atoms with van der Waals surface area (Å²) in [5.74, 6) is 1.52. The molecule has 1 atom stereocenters. The van der Waals surface area contributed by atoms with Gasteiger partial charge in [0.05, 0.1) is 0 Å². The van der Waals surface area contributed by atoms with Gasteiger partial charge in [-0.05, 0) is 58.8 Å². The number of hydrogen-bond acceptors (Lipinski definition) is 1. The fourth-order valence-corrected chi connectivity index (χ4v) is 2.80. The normalized spacial score (nSPS) is 12.2. The van der Waals surface area contributed by atoms with E-state index in [0.717, 1.165) is 17.7 Å². The molecule has 2 aromatic rings. The topological polar surface area (TPSA) is 9.23 Å². The van der Waals surface area contributed by atoms with E-state index < -0.39 is 0 Å². The largest absolute Gasteiger partial charge is 0.485 e. The van der Waals surface area contributed by atoms with Crippen molar-refractivity contribution in [3.63, 3.8) is 0 Å². The van der Waals surface area contributed by atoms with Crippen LogP contribution in [0.25, 0.3) is 0 Å². The lowest BCUT2D eigenvalue weighted by molar-refractivity contribution is 0.201. The summed E-state index contributed by atoms with van der Waals surface area (Å²) >= 11 is 8.20. The van der Waals surface area contributed by atoms with E-state index in [-0.39, 0.29) is 6.10 Å². The van der Waals surface area contributed by atoms with E-state index in [2.05, 4.69) is 53.8 Å². The summed E-state index contributed by atoms with van der Waals surface area (Å²) < 4.78 is 7.36. The van der Waals surface area contributed by atoms with Crippen molar-refractivity contribution in [1.29, 1.82) is 0 Å². The van der Waals surface area contributed by atoms with Gasteiger partial charge in [-0.3, -0.25) is 0 Å². The van der Waals surface area contributed by atoms with E-state index >= 15 is 0 Å². The lowest BCUT2D eigenvalue weighted by Gasteiger charge is -2.20. The van der Waals surface area contributed by atoms with Gasteiger partial charge in [-0.2, -0.15) is 0 Å². The van der Waals surface area contributed by atoms with Gasteiger partial charge in [-0.1, -0.05) is 30.3 Å². The van der Waals surface area contributed by atoms with E-state index in [4.69, 9.17) is 16.3 Å². The first-order valence-corrected chi connectivity index (χ1v) is 7.85. The van der Waals surface area contributed by atoms with E-state index in [1.54, 1.807) is 0 Å². The molecule has 0 bridgehead atoms. The average Bonchev–Trinajstić information content (AvgIpc) is 2.42. The Bertz CT molecular complexity index is 528. The molecule has 0 N–H and O–H groups in total. The molecule has 0 unspecified atom stereocenters. The molecule has 0 aliphatic heterocycles. The Morgan fingerprint density at radius 1 is 1.16 bits per heavy atom. The number of hydrogen-bond donors (Lipinski definition) is 0. The van der Waals surface area contributed by atoms with Crippen molar-refractivity contribution >= 4 is 34.2 Å². The molecule has 0 aliphatic rings. The molecular formula is C16H16ClIO. The third kappa shape index (κ3) is 4.11. The Morgan fingerprint density at radius 2 is 1.89 bits per heavy atom. The predicted molar refractivity (Wildman–Crippen MR) is 89.0 cm³/mol. The summed E-state index contributed by atoms with van der Waals surface area (Å²) in [4.78, 5) is 0. The second kappa shape index (κ2) is 7.15. The number of benzene rings is 2. The van der Waals surface area contributed by atoms with Crippen LogP contribution < -0.4 is 4.74 Å². The summed E-state index contributed by atoms with van der Waals surface area (Å²) in [6.45, 7) is 2.07. The van der Waals surface area contributed by atoms with E-state index in [9.17, 15) is 0 Å². The van der Waals surface area contributed by atoms with Crippen molar-refractivity contribution in [2.24, 2.45) is 0 Å². The van der Waals surface area contributed by atoms with Gasteiger partial charge >= 0.3 is 0 Å². The van der Waals surface area contributed by atoms with Crippen LogP contribution in [-0.4, -0.2) is 5.88 Å². The highest BCUT2D eigenvalue weighted by molar-refractivity contribution is 14.1. The number of aryl methyl sites for hydroxylation is 1. The minimum Gasteiger partial charge on any atom is -0.485 e.